The van der Waals surface area contributed by atoms with Crippen LogP contribution in [0.4, 0.5) is 4.39 Å². The van der Waals surface area contributed by atoms with Gasteiger partial charge in [-0.3, -0.25) is 4.90 Å². The highest BCUT2D eigenvalue weighted by molar-refractivity contribution is 5.21. The van der Waals surface area contributed by atoms with Crippen LogP contribution in [0.2, 0.25) is 0 Å². The molecule has 106 valence electrons. The van der Waals surface area contributed by atoms with Crippen molar-refractivity contribution in [1.29, 1.82) is 0 Å². The molecule has 1 aliphatic rings. The van der Waals surface area contributed by atoms with Crippen molar-refractivity contribution < 1.29 is 4.39 Å². The molecule has 2 atom stereocenters. The molecule has 0 unspecified atom stereocenters. The Morgan fingerprint density at radius 1 is 1.42 bits per heavy atom. The first kappa shape index (κ1) is 14.5. The van der Waals surface area contributed by atoms with Crippen LogP contribution in [-0.4, -0.2) is 30.1 Å². The number of benzene rings is 1. The van der Waals surface area contributed by atoms with E-state index in [0.29, 0.717) is 18.1 Å². The van der Waals surface area contributed by atoms with Crippen LogP contribution < -0.4 is 5.32 Å². The summed E-state index contributed by atoms with van der Waals surface area (Å²) in [5.41, 5.74) is 1.11. The molecule has 0 aromatic heterocycles. The Morgan fingerprint density at radius 2 is 2.21 bits per heavy atom. The van der Waals surface area contributed by atoms with E-state index in [4.69, 9.17) is 0 Å². The molecule has 0 saturated carbocycles. The molecule has 1 fully saturated rings. The third kappa shape index (κ3) is 3.54. The zero-order valence-corrected chi connectivity index (χ0v) is 12.2. The van der Waals surface area contributed by atoms with Gasteiger partial charge in [0.15, 0.2) is 0 Å². The Hall–Kier alpha value is -0.930. The Bertz CT molecular complexity index is 405. The van der Waals surface area contributed by atoms with Gasteiger partial charge in [0.2, 0.25) is 0 Å². The number of rotatable bonds is 4. The lowest BCUT2D eigenvalue weighted by molar-refractivity contribution is 0.0928. The predicted molar refractivity (Wildman–Crippen MR) is 77.7 cm³/mol. The van der Waals surface area contributed by atoms with Gasteiger partial charge in [-0.1, -0.05) is 19.1 Å². The van der Waals surface area contributed by atoms with Gasteiger partial charge in [0.1, 0.15) is 5.82 Å². The predicted octanol–water partition coefficient (Wildman–Crippen LogP) is 3.35. The van der Waals surface area contributed by atoms with E-state index in [1.54, 1.807) is 6.07 Å². The maximum atomic E-state index is 13.5. The molecule has 0 spiro atoms. The molecule has 0 bridgehead atoms. The molecule has 1 aliphatic heterocycles. The minimum Gasteiger partial charge on any atom is -0.314 e. The third-order valence-corrected chi connectivity index (χ3v) is 4.03. The number of nitrogens with one attached hydrogen (secondary N) is 1. The van der Waals surface area contributed by atoms with Crippen molar-refractivity contribution in [2.24, 2.45) is 0 Å². The Balaban J connectivity index is 2.20. The van der Waals surface area contributed by atoms with Gasteiger partial charge < -0.3 is 5.32 Å². The van der Waals surface area contributed by atoms with Crippen molar-refractivity contribution in [3.8, 4) is 0 Å². The summed E-state index contributed by atoms with van der Waals surface area (Å²) in [5, 5.41) is 3.54. The van der Waals surface area contributed by atoms with Gasteiger partial charge >= 0.3 is 0 Å². The fourth-order valence-electron chi connectivity index (χ4n) is 3.12. The van der Waals surface area contributed by atoms with Gasteiger partial charge in [-0.05, 0) is 50.9 Å². The van der Waals surface area contributed by atoms with Crippen LogP contribution in [0, 0.1) is 5.82 Å². The highest BCUT2D eigenvalue weighted by Gasteiger charge is 2.30. The molecule has 0 amide bonds. The molecular formula is C16H25FN2. The quantitative estimate of drug-likeness (QED) is 0.897. The first-order valence-electron chi connectivity index (χ1n) is 7.36. The fourth-order valence-corrected chi connectivity index (χ4v) is 3.12. The number of nitrogens with zero attached hydrogens (tertiary/aromatic N) is 1. The summed E-state index contributed by atoms with van der Waals surface area (Å²) >= 11 is 0. The number of piperidine rings is 1. The SMILES string of the molecule is CCN[C@@H]1CCN(C(C)C)[C@H](c2cccc(F)c2)C1. The van der Waals surface area contributed by atoms with Gasteiger partial charge in [0, 0.05) is 24.7 Å². The van der Waals surface area contributed by atoms with Crippen molar-refractivity contribution in [3.63, 3.8) is 0 Å². The summed E-state index contributed by atoms with van der Waals surface area (Å²) in [6.07, 6.45) is 2.24. The monoisotopic (exact) mass is 264 g/mol. The zero-order chi connectivity index (χ0) is 13.8. The van der Waals surface area contributed by atoms with Gasteiger partial charge in [0.05, 0.1) is 0 Å². The van der Waals surface area contributed by atoms with Crippen molar-refractivity contribution in [1.82, 2.24) is 10.2 Å². The molecule has 3 heteroatoms. The molecule has 0 aliphatic carbocycles. The second-order valence-electron chi connectivity index (χ2n) is 5.68. The average molecular weight is 264 g/mol. The Morgan fingerprint density at radius 3 is 2.84 bits per heavy atom. The molecule has 19 heavy (non-hydrogen) atoms. The van der Waals surface area contributed by atoms with Gasteiger partial charge in [0.25, 0.3) is 0 Å². The molecule has 1 heterocycles. The Labute approximate surface area is 116 Å². The molecule has 2 rings (SSSR count). The maximum absolute atomic E-state index is 13.5. The van der Waals surface area contributed by atoms with Crippen molar-refractivity contribution >= 4 is 0 Å². The first-order chi connectivity index (χ1) is 9.11. The summed E-state index contributed by atoms with van der Waals surface area (Å²) in [5.74, 6) is -0.133. The second kappa shape index (κ2) is 6.49. The van der Waals surface area contributed by atoms with E-state index < -0.39 is 0 Å². The van der Waals surface area contributed by atoms with E-state index in [2.05, 4.69) is 37.1 Å². The summed E-state index contributed by atoms with van der Waals surface area (Å²) in [7, 11) is 0. The Kier molecular flexibility index (Phi) is 4.94. The first-order valence-corrected chi connectivity index (χ1v) is 7.36. The maximum Gasteiger partial charge on any atom is 0.123 e. The summed E-state index contributed by atoms with van der Waals surface area (Å²) < 4.78 is 13.5. The highest BCUT2D eigenvalue weighted by atomic mass is 19.1. The molecule has 0 radical (unpaired) electrons. The molecular weight excluding hydrogens is 239 g/mol. The van der Waals surface area contributed by atoms with Gasteiger partial charge in [-0.2, -0.15) is 0 Å². The van der Waals surface area contributed by atoms with Crippen LogP contribution in [-0.2, 0) is 0 Å². The molecule has 1 N–H and O–H groups in total. The molecule has 2 nitrogen and oxygen atoms in total. The number of likely N-dealkylation sites (tertiary alicyclic amines) is 1. The average Bonchev–Trinajstić information content (AvgIpc) is 2.39. The second-order valence-corrected chi connectivity index (χ2v) is 5.68. The topological polar surface area (TPSA) is 15.3 Å². The van der Waals surface area contributed by atoms with Gasteiger partial charge in [-0.25, -0.2) is 4.39 Å². The lowest BCUT2D eigenvalue weighted by Crippen LogP contribution is -2.46. The number of hydrogen-bond donors (Lipinski definition) is 1. The molecule has 1 aromatic rings. The highest BCUT2D eigenvalue weighted by Crippen LogP contribution is 2.32. The van der Waals surface area contributed by atoms with Gasteiger partial charge in [-0.15, -0.1) is 0 Å². The summed E-state index contributed by atoms with van der Waals surface area (Å²) in [6.45, 7) is 8.67. The van der Waals surface area contributed by atoms with Crippen molar-refractivity contribution in [3.05, 3.63) is 35.6 Å². The van der Waals surface area contributed by atoms with E-state index in [-0.39, 0.29) is 5.82 Å². The van der Waals surface area contributed by atoms with Crippen molar-refractivity contribution in [2.75, 3.05) is 13.1 Å². The van der Waals surface area contributed by atoms with E-state index >= 15 is 0 Å². The summed E-state index contributed by atoms with van der Waals surface area (Å²) in [6, 6.07) is 8.46. The van der Waals surface area contributed by atoms with Crippen LogP contribution in [0.15, 0.2) is 24.3 Å². The smallest absolute Gasteiger partial charge is 0.123 e. The lowest BCUT2D eigenvalue weighted by Gasteiger charge is -2.42. The zero-order valence-electron chi connectivity index (χ0n) is 12.2. The lowest BCUT2D eigenvalue weighted by atomic mass is 9.90. The molecule has 1 aromatic carbocycles. The largest absolute Gasteiger partial charge is 0.314 e. The minimum absolute atomic E-state index is 0.133. The normalized spacial score (nSPS) is 24.9. The standard InChI is InChI=1S/C16H25FN2/c1-4-18-15-8-9-19(12(2)3)16(11-15)13-6-5-7-14(17)10-13/h5-7,10,12,15-16,18H,4,8-9,11H2,1-3H3/t15-,16+/m1/s1. The van der Waals surface area contributed by atoms with E-state index in [0.717, 1.165) is 25.1 Å². The van der Waals surface area contributed by atoms with Crippen LogP contribution in [0.3, 0.4) is 0 Å². The van der Waals surface area contributed by atoms with E-state index in [1.165, 1.54) is 12.5 Å². The van der Waals surface area contributed by atoms with E-state index in [1.807, 2.05) is 6.07 Å². The molecule has 1 saturated heterocycles. The van der Waals surface area contributed by atoms with Crippen molar-refractivity contribution in [2.45, 2.75) is 51.7 Å². The number of halogens is 1. The van der Waals surface area contributed by atoms with Crippen LogP contribution in [0.5, 0.6) is 0 Å². The van der Waals surface area contributed by atoms with E-state index in [9.17, 15) is 4.39 Å². The fraction of sp³-hybridized carbons (Fsp3) is 0.625. The van der Waals surface area contributed by atoms with Crippen LogP contribution in [0.25, 0.3) is 0 Å². The minimum atomic E-state index is -0.133. The van der Waals surface area contributed by atoms with Crippen LogP contribution >= 0.6 is 0 Å². The van der Waals surface area contributed by atoms with Crippen LogP contribution in [0.1, 0.15) is 45.2 Å². The number of hydrogen-bond acceptors (Lipinski definition) is 2. The summed E-state index contributed by atoms with van der Waals surface area (Å²) in [4.78, 5) is 2.49. The third-order valence-electron chi connectivity index (χ3n) is 4.03.